The van der Waals surface area contributed by atoms with Crippen molar-refractivity contribution in [2.45, 2.75) is 26.3 Å². The van der Waals surface area contributed by atoms with E-state index in [9.17, 15) is 9.90 Å². The zero-order valence-corrected chi connectivity index (χ0v) is 12.6. The van der Waals surface area contributed by atoms with Crippen molar-refractivity contribution in [1.29, 1.82) is 0 Å². The molecule has 2 heterocycles. The fourth-order valence-corrected chi connectivity index (χ4v) is 2.02. The van der Waals surface area contributed by atoms with Crippen molar-refractivity contribution in [3.8, 4) is 0 Å². The van der Waals surface area contributed by atoms with Gasteiger partial charge in [-0.15, -0.1) is 0 Å². The van der Waals surface area contributed by atoms with Gasteiger partial charge in [0.2, 0.25) is 0 Å². The summed E-state index contributed by atoms with van der Waals surface area (Å²) in [6, 6.07) is 0. The molecule has 0 radical (unpaired) electrons. The molecule has 21 heavy (non-hydrogen) atoms. The van der Waals surface area contributed by atoms with Crippen LogP contribution in [-0.2, 0) is 13.6 Å². The van der Waals surface area contributed by atoms with Gasteiger partial charge >= 0.3 is 5.97 Å². The van der Waals surface area contributed by atoms with Gasteiger partial charge in [-0.1, -0.05) is 13.8 Å². The SMILES string of the molecule is CC(C)c1ncc(N(C)Cc2cnn(C)c2)c(C(=O)O)n1. The molecule has 0 saturated carbocycles. The molecule has 7 heteroatoms. The topological polar surface area (TPSA) is 84.1 Å². The van der Waals surface area contributed by atoms with E-state index in [0.717, 1.165) is 5.56 Å². The molecule has 1 N–H and O–H groups in total. The lowest BCUT2D eigenvalue weighted by molar-refractivity contribution is 0.0690. The Kier molecular flexibility index (Phi) is 4.21. The van der Waals surface area contributed by atoms with Crippen molar-refractivity contribution in [3.05, 3.63) is 35.7 Å². The fraction of sp³-hybridized carbons (Fsp3) is 0.429. The number of hydrogen-bond acceptors (Lipinski definition) is 5. The quantitative estimate of drug-likeness (QED) is 0.901. The lowest BCUT2D eigenvalue weighted by Gasteiger charge is -2.20. The molecule has 7 nitrogen and oxygen atoms in total. The molecule has 0 aliphatic rings. The zero-order valence-electron chi connectivity index (χ0n) is 12.6. The summed E-state index contributed by atoms with van der Waals surface area (Å²) in [5, 5.41) is 13.5. The summed E-state index contributed by atoms with van der Waals surface area (Å²) < 4.78 is 1.71. The van der Waals surface area contributed by atoms with Crippen LogP contribution in [0.1, 0.15) is 41.6 Å². The predicted octanol–water partition coefficient (Wildman–Crippen LogP) is 1.67. The molecule has 2 aromatic heterocycles. The average Bonchev–Trinajstić information content (AvgIpc) is 2.83. The average molecular weight is 289 g/mol. The van der Waals surface area contributed by atoms with Gasteiger partial charge in [0.15, 0.2) is 5.69 Å². The van der Waals surface area contributed by atoms with E-state index in [4.69, 9.17) is 0 Å². The summed E-state index contributed by atoms with van der Waals surface area (Å²) in [4.78, 5) is 21.7. The third-order valence-electron chi connectivity index (χ3n) is 3.10. The third-order valence-corrected chi connectivity index (χ3v) is 3.10. The third kappa shape index (κ3) is 3.36. The molecule has 2 rings (SSSR count). The van der Waals surface area contributed by atoms with Crippen LogP contribution in [0.4, 0.5) is 5.69 Å². The van der Waals surface area contributed by atoms with Crippen molar-refractivity contribution >= 4 is 11.7 Å². The Hall–Kier alpha value is -2.44. The molecule has 0 fully saturated rings. The van der Waals surface area contributed by atoms with E-state index >= 15 is 0 Å². The number of nitrogens with zero attached hydrogens (tertiary/aromatic N) is 5. The molecule has 0 spiro atoms. The number of carboxylic acid groups (broad SMARTS) is 1. The van der Waals surface area contributed by atoms with Crippen molar-refractivity contribution in [2.24, 2.45) is 7.05 Å². The van der Waals surface area contributed by atoms with E-state index in [0.29, 0.717) is 18.1 Å². The van der Waals surface area contributed by atoms with Crippen molar-refractivity contribution in [1.82, 2.24) is 19.7 Å². The highest BCUT2D eigenvalue weighted by Crippen LogP contribution is 2.21. The second-order valence-electron chi connectivity index (χ2n) is 5.30. The fourth-order valence-electron chi connectivity index (χ4n) is 2.02. The summed E-state index contributed by atoms with van der Waals surface area (Å²) in [7, 11) is 3.65. The smallest absolute Gasteiger partial charge is 0.356 e. The van der Waals surface area contributed by atoms with Gasteiger partial charge in [0.1, 0.15) is 5.82 Å². The zero-order chi connectivity index (χ0) is 15.6. The largest absolute Gasteiger partial charge is 0.476 e. The second-order valence-corrected chi connectivity index (χ2v) is 5.30. The van der Waals surface area contributed by atoms with E-state index in [1.807, 2.05) is 39.0 Å². The van der Waals surface area contributed by atoms with Crippen LogP contribution in [0, 0.1) is 0 Å². The molecule has 0 atom stereocenters. The van der Waals surface area contributed by atoms with Crippen molar-refractivity contribution in [2.75, 3.05) is 11.9 Å². The minimum atomic E-state index is -1.05. The molecule has 0 unspecified atom stereocenters. The molecule has 112 valence electrons. The lowest BCUT2D eigenvalue weighted by Crippen LogP contribution is -2.21. The Morgan fingerprint density at radius 1 is 1.43 bits per heavy atom. The number of aromatic nitrogens is 4. The summed E-state index contributed by atoms with van der Waals surface area (Å²) in [6.45, 7) is 4.40. The number of anilines is 1. The van der Waals surface area contributed by atoms with Crippen LogP contribution in [0.25, 0.3) is 0 Å². The molecule has 0 aromatic carbocycles. The van der Waals surface area contributed by atoms with Crippen LogP contribution in [0.3, 0.4) is 0 Å². The summed E-state index contributed by atoms with van der Waals surface area (Å²) in [5.74, 6) is -0.431. The summed E-state index contributed by atoms with van der Waals surface area (Å²) >= 11 is 0. The van der Waals surface area contributed by atoms with E-state index in [1.54, 1.807) is 17.1 Å². The molecule has 0 saturated heterocycles. The Morgan fingerprint density at radius 2 is 2.14 bits per heavy atom. The maximum absolute atomic E-state index is 11.4. The summed E-state index contributed by atoms with van der Waals surface area (Å²) in [5.41, 5.74) is 1.51. The van der Waals surface area contributed by atoms with Gasteiger partial charge < -0.3 is 10.0 Å². The number of aryl methyl sites for hydroxylation is 1. The summed E-state index contributed by atoms with van der Waals surface area (Å²) in [6.07, 6.45) is 5.21. The van der Waals surface area contributed by atoms with Crippen LogP contribution < -0.4 is 4.90 Å². The second kappa shape index (κ2) is 5.90. The van der Waals surface area contributed by atoms with Crippen molar-refractivity contribution in [3.63, 3.8) is 0 Å². The first-order valence-corrected chi connectivity index (χ1v) is 6.67. The first kappa shape index (κ1) is 15.0. The van der Waals surface area contributed by atoms with Gasteiger partial charge in [-0.2, -0.15) is 5.10 Å². The molecule has 0 amide bonds. The number of carboxylic acids is 1. The molecule has 2 aromatic rings. The van der Waals surface area contributed by atoms with Gasteiger partial charge in [0, 0.05) is 38.3 Å². The van der Waals surface area contributed by atoms with Gasteiger partial charge in [-0.3, -0.25) is 4.68 Å². The normalized spacial score (nSPS) is 10.9. The number of aromatic carboxylic acids is 1. The highest BCUT2D eigenvalue weighted by molar-refractivity contribution is 5.91. The highest BCUT2D eigenvalue weighted by atomic mass is 16.4. The van der Waals surface area contributed by atoms with E-state index in [1.165, 1.54) is 0 Å². The number of hydrogen-bond donors (Lipinski definition) is 1. The molecular formula is C14H19N5O2. The van der Waals surface area contributed by atoms with Gasteiger partial charge in [0.25, 0.3) is 0 Å². The number of rotatable bonds is 5. The molecule has 0 aliphatic heterocycles. The monoisotopic (exact) mass is 289 g/mol. The Balaban J connectivity index is 2.31. The minimum absolute atomic E-state index is 0.0279. The number of carbonyl (C=O) groups is 1. The van der Waals surface area contributed by atoms with Crippen LogP contribution in [0.5, 0.6) is 0 Å². The molecule has 0 aliphatic carbocycles. The Morgan fingerprint density at radius 3 is 2.67 bits per heavy atom. The van der Waals surface area contributed by atoms with Crippen LogP contribution in [-0.4, -0.2) is 37.9 Å². The van der Waals surface area contributed by atoms with E-state index in [-0.39, 0.29) is 11.6 Å². The first-order chi connectivity index (χ1) is 9.88. The predicted molar refractivity (Wildman–Crippen MR) is 78.4 cm³/mol. The van der Waals surface area contributed by atoms with Crippen LogP contribution in [0.2, 0.25) is 0 Å². The molecule has 0 bridgehead atoms. The maximum Gasteiger partial charge on any atom is 0.356 e. The lowest BCUT2D eigenvalue weighted by atomic mass is 10.2. The first-order valence-electron chi connectivity index (χ1n) is 6.67. The minimum Gasteiger partial charge on any atom is -0.476 e. The molecular weight excluding hydrogens is 270 g/mol. The van der Waals surface area contributed by atoms with Gasteiger partial charge in [0.05, 0.1) is 18.1 Å². The van der Waals surface area contributed by atoms with Crippen LogP contribution >= 0.6 is 0 Å². The maximum atomic E-state index is 11.4. The van der Waals surface area contributed by atoms with Gasteiger partial charge in [-0.05, 0) is 0 Å². The van der Waals surface area contributed by atoms with Crippen LogP contribution in [0.15, 0.2) is 18.6 Å². The highest BCUT2D eigenvalue weighted by Gasteiger charge is 2.18. The van der Waals surface area contributed by atoms with E-state index < -0.39 is 5.97 Å². The Bertz CT molecular complexity index is 651. The van der Waals surface area contributed by atoms with Crippen molar-refractivity contribution < 1.29 is 9.90 Å². The van der Waals surface area contributed by atoms with Gasteiger partial charge in [-0.25, -0.2) is 14.8 Å². The Labute approximate surface area is 123 Å². The standard InChI is InChI=1S/C14H19N5O2/c1-9(2)13-15-6-11(12(17-13)14(20)21)18(3)7-10-5-16-19(4)8-10/h5-6,8-9H,7H2,1-4H3,(H,20,21). The van der Waals surface area contributed by atoms with E-state index in [2.05, 4.69) is 15.1 Å².